The van der Waals surface area contributed by atoms with E-state index in [0.29, 0.717) is 19.0 Å². The zero-order valence-electron chi connectivity index (χ0n) is 12.1. The van der Waals surface area contributed by atoms with Gasteiger partial charge in [0.1, 0.15) is 11.3 Å². The van der Waals surface area contributed by atoms with Gasteiger partial charge in [0.2, 0.25) is 10.0 Å². The number of carbonyl (C=O) groups is 1. The van der Waals surface area contributed by atoms with E-state index in [2.05, 4.69) is 4.74 Å². The van der Waals surface area contributed by atoms with E-state index in [1.807, 2.05) is 6.92 Å². The number of phenols is 1. The lowest BCUT2D eigenvalue weighted by atomic mass is 10.1. The van der Waals surface area contributed by atoms with Gasteiger partial charge in [-0.3, -0.25) is 0 Å². The summed E-state index contributed by atoms with van der Waals surface area (Å²) in [5, 5.41) is 9.64. The van der Waals surface area contributed by atoms with Crippen LogP contribution in [-0.4, -0.2) is 44.0 Å². The average Bonchev–Trinajstić information content (AvgIpc) is 2.96. The molecule has 1 aliphatic rings. The van der Waals surface area contributed by atoms with Crippen molar-refractivity contribution in [2.75, 3.05) is 20.2 Å². The summed E-state index contributed by atoms with van der Waals surface area (Å²) < 4.78 is 31.1. The molecule has 116 valence electrons. The van der Waals surface area contributed by atoms with Crippen LogP contribution in [0.5, 0.6) is 5.75 Å². The van der Waals surface area contributed by atoms with Crippen LogP contribution in [-0.2, 0) is 14.8 Å². The minimum atomic E-state index is -3.65. The summed E-state index contributed by atoms with van der Waals surface area (Å²) in [6, 6.07) is 3.67. The Balaban J connectivity index is 2.35. The number of carbonyl (C=O) groups excluding carboxylic acids is 1. The Bertz CT molecular complexity index is 641. The topological polar surface area (TPSA) is 83.9 Å². The second-order valence-corrected chi connectivity index (χ2v) is 7.03. The summed E-state index contributed by atoms with van der Waals surface area (Å²) in [6.07, 6.45) is 1.78. The molecule has 0 aliphatic carbocycles. The highest BCUT2D eigenvalue weighted by Crippen LogP contribution is 2.28. The minimum Gasteiger partial charge on any atom is -0.507 e. The SMILES string of the molecule is CCC1CCN(S(=O)(=O)c2ccc(O)c(C(=O)OC)c2)C1. The van der Waals surface area contributed by atoms with Crippen molar-refractivity contribution >= 4 is 16.0 Å². The Labute approximate surface area is 124 Å². The van der Waals surface area contributed by atoms with Gasteiger partial charge in [0.05, 0.1) is 12.0 Å². The van der Waals surface area contributed by atoms with Crippen LogP contribution in [0.3, 0.4) is 0 Å². The first-order chi connectivity index (χ1) is 9.90. The third kappa shape index (κ3) is 3.03. The fourth-order valence-corrected chi connectivity index (χ4v) is 4.00. The maximum atomic E-state index is 12.6. The zero-order valence-corrected chi connectivity index (χ0v) is 12.9. The van der Waals surface area contributed by atoms with E-state index in [-0.39, 0.29) is 16.2 Å². The third-order valence-electron chi connectivity index (χ3n) is 3.84. The lowest BCUT2D eigenvalue weighted by Gasteiger charge is -2.17. The molecular formula is C14H19NO5S. The first-order valence-corrected chi connectivity index (χ1v) is 8.25. The molecule has 1 aliphatic heterocycles. The normalized spacial score (nSPS) is 19.6. The molecule has 7 heteroatoms. The van der Waals surface area contributed by atoms with Crippen molar-refractivity contribution in [3.05, 3.63) is 23.8 Å². The average molecular weight is 313 g/mol. The van der Waals surface area contributed by atoms with Gasteiger partial charge in [-0.25, -0.2) is 13.2 Å². The molecule has 1 fully saturated rings. The van der Waals surface area contributed by atoms with E-state index in [9.17, 15) is 18.3 Å². The molecule has 6 nitrogen and oxygen atoms in total. The molecule has 0 bridgehead atoms. The van der Waals surface area contributed by atoms with Gasteiger partial charge in [0, 0.05) is 13.1 Å². The van der Waals surface area contributed by atoms with Crippen molar-refractivity contribution in [3.8, 4) is 5.75 Å². The molecule has 0 radical (unpaired) electrons. The van der Waals surface area contributed by atoms with Crippen LogP contribution in [0.25, 0.3) is 0 Å². The molecule has 1 atom stereocenters. The van der Waals surface area contributed by atoms with Gasteiger partial charge in [-0.2, -0.15) is 4.31 Å². The highest BCUT2D eigenvalue weighted by atomic mass is 32.2. The van der Waals surface area contributed by atoms with E-state index in [0.717, 1.165) is 18.9 Å². The molecule has 1 N–H and O–H groups in total. The van der Waals surface area contributed by atoms with Crippen LogP contribution in [0, 0.1) is 5.92 Å². The van der Waals surface area contributed by atoms with E-state index < -0.39 is 16.0 Å². The maximum absolute atomic E-state index is 12.6. The van der Waals surface area contributed by atoms with Crippen LogP contribution in [0.15, 0.2) is 23.1 Å². The molecule has 1 unspecified atom stereocenters. The van der Waals surface area contributed by atoms with E-state index in [4.69, 9.17) is 0 Å². The van der Waals surface area contributed by atoms with Crippen molar-refractivity contribution in [3.63, 3.8) is 0 Å². The number of phenolic OH excluding ortho intramolecular Hbond substituents is 1. The quantitative estimate of drug-likeness (QED) is 0.854. The number of ether oxygens (including phenoxy) is 1. The van der Waals surface area contributed by atoms with Gasteiger partial charge in [0.25, 0.3) is 0 Å². The predicted octanol–water partition coefficient (Wildman–Crippen LogP) is 1.60. The Kier molecular flexibility index (Phi) is 4.53. The highest BCUT2D eigenvalue weighted by Gasteiger charge is 2.32. The summed E-state index contributed by atoms with van der Waals surface area (Å²) in [5.74, 6) is -0.692. The zero-order chi connectivity index (χ0) is 15.6. The largest absolute Gasteiger partial charge is 0.507 e. The lowest BCUT2D eigenvalue weighted by Crippen LogP contribution is -2.29. The maximum Gasteiger partial charge on any atom is 0.341 e. The number of methoxy groups -OCH3 is 1. The Morgan fingerprint density at radius 1 is 1.48 bits per heavy atom. The van der Waals surface area contributed by atoms with Gasteiger partial charge in [0.15, 0.2) is 0 Å². The van der Waals surface area contributed by atoms with Gasteiger partial charge in [-0.1, -0.05) is 13.3 Å². The molecule has 1 saturated heterocycles. The van der Waals surface area contributed by atoms with Gasteiger partial charge < -0.3 is 9.84 Å². The Morgan fingerprint density at radius 3 is 2.76 bits per heavy atom. The predicted molar refractivity (Wildman–Crippen MR) is 76.6 cm³/mol. The van der Waals surface area contributed by atoms with Crippen LogP contribution in [0.4, 0.5) is 0 Å². The summed E-state index contributed by atoms with van der Waals surface area (Å²) in [6.45, 7) is 3.01. The van der Waals surface area contributed by atoms with Gasteiger partial charge in [-0.05, 0) is 30.5 Å². The summed E-state index contributed by atoms with van der Waals surface area (Å²) >= 11 is 0. The first kappa shape index (κ1) is 15.8. The third-order valence-corrected chi connectivity index (χ3v) is 5.70. The van der Waals surface area contributed by atoms with Crippen LogP contribution < -0.4 is 0 Å². The molecule has 0 amide bonds. The van der Waals surface area contributed by atoms with Crippen molar-refractivity contribution in [2.24, 2.45) is 5.92 Å². The molecule has 1 aromatic rings. The molecule has 1 aromatic carbocycles. The standard InChI is InChI=1S/C14H19NO5S/c1-3-10-6-7-15(9-10)21(18,19)11-4-5-13(16)12(8-11)14(17)20-2/h4-5,8,10,16H,3,6-7,9H2,1-2H3. The number of hydrogen-bond donors (Lipinski definition) is 1. The molecular weight excluding hydrogens is 294 g/mol. The van der Waals surface area contributed by atoms with Crippen molar-refractivity contribution in [1.82, 2.24) is 4.31 Å². The number of esters is 1. The van der Waals surface area contributed by atoms with E-state index in [1.165, 1.54) is 23.5 Å². The Hall–Kier alpha value is -1.60. The van der Waals surface area contributed by atoms with Crippen LogP contribution >= 0.6 is 0 Å². The fourth-order valence-electron chi connectivity index (χ4n) is 2.45. The van der Waals surface area contributed by atoms with Crippen LogP contribution in [0.1, 0.15) is 30.1 Å². The molecule has 0 spiro atoms. The number of hydrogen-bond acceptors (Lipinski definition) is 5. The molecule has 0 aromatic heterocycles. The van der Waals surface area contributed by atoms with Crippen molar-refractivity contribution in [2.45, 2.75) is 24.7 Å². The molecule has 21 heavy (non-hydrogen) atoms. The first-order valence-electron chi connectivity index (χ1n) is 6.81. The number of benzene rings is 1. The van der Waals surface area contributed by atoms with Crippen molar-refractivity contribution in [1.29, 1.82) is 0 Å². The minimum absolute atomic E-state index is 0.00236. The molecule has 2 rings (SSSR count). The highest BCUT2D eigenvalue weighted by molar-refractivity contribution is 7.89. The van der Waals surface area contributed by atoms with Gasteiger partial charge >= 0.3 is 5.97 Å². The monoisotopic (exact) mass is 313 g/mol. The summed E-state index contributed by atoms with van der Waals surface area (Å²) in [5.41, 5.74) is -0.148. The fraction of sp³-hybridized carbons (Fsp3) is 0.500. The number of sulfonamides is 1. The summed E-state index contributed by atoms with van der Waals surface area (Å²) in [7, 11) is -2.47. The number of aromatic hydroxyl groups is 1. The second kappa shape index (κ2) is 6.03. The van der Waals surface area contributed by atoms with E-state index >= 15 is 0 Å². The smallest absolute Gasteiger partial charge is 0.341 e. The second-order valence-electron chi connectivity index (χ2n) is 5.10. The van der Waals surface area contributed by atoms with E-state index in [1.54, 1.807) is 0 Å². The molecule has 0 saturated carbocycles. The van der Waals surface area contributed by atoms with Crippen LogP contribution in [0.2, 0.25) is 0 Å². The van der Waals surface area contributed by atoms with Gasteiger partial charge in [-0.15, -0.1) is 0 Å². The Morgan fingerprint density at radius 2 is 2.19 bits per heavy atom. The number of nitrogens with zero attached hydrogens (tertiary/aromatic N) is 1. The lowest BCUT2D eigenvalue weighted by molar-refractivity contribution is 0.0597. The molecule has 1 heterocycles. The number of rotatable bonds is 4. The summed E-state index contributed by atoms with van der Waals surface area (Å²) in [4.78, 5) is 11.5. The van der Waals surface area contributed by atoms with Crippen molar-refractivity contribution < 1.29 is 23.1 Å².